The summed E-state index contributed by atoms with van der Waals surface area (Å²) < 4.78 is 5.26. The van der Waals surface area contributed by atoms with Crippen molar-refractivity contribution < 1.29 is 14.5 Å². The number of nitrogens with zero attached hydrogens (tertiary/aromatic N) is 3. The number of benzene rings is 1. The minimum atomic E-state index is -0.700. The zero-order valence-corrected chi connectivity index (χ0v) is 14.7. The van der Waals surface area contributed by atoms with Gasteiger partial charge < -0.3 is 15.4 Å². The maximum absolute atomic E-state index is 12.2. The van der Waals surface area contributed by atoms with E-state index in [1.165, 1.54) is 18.3 Å². The van der Waals surface area contributed by atoms with E-state index in [0.29, 0.717) is 19.8 Å². The number of hydrogen-bond acceptors (Lipinski definition) is 7. The number of amides is 1. The molecule has 138 valence electrons. The van der Waals surface area contributed by atoms with Gasteiger partial charge in [-0.25, -0.2) is 0 Å². The van der Waals surface area contributed by atoms with E-state index in [4.69, 9.17) is 21.6 Å². The number of nitriles is 1. The highest BCUT2D eigenvalue weighted by Gasteiger charge is 2.15. The second-order valence-electron chi connectivity index (χ2n) is 5.45. The van der Waals surface area contributed by atoms with Crippen LogP contribution in [0.15, 0.2) is 30.0 Å². The number of hydrogen-bond donors (Lipinski definition) is 2. The molecule has 10 heteroatoms. The number of anilines is 1. The lowest BCUT2D eigenvalue weighted by atomic mass is 10.2. The van der Waals surface area contributed by atoms with Crippen LogP contribution in [0.5, 0.6) is 0 Å². The van der Waals surface area contributed by atoms with Gasteiger partial charge in [0.1, 0.15) is 11.6 Å². The molecule has 1 aromatic rings. The smallest absolute Gasteiger partial charge is 0.271 e. The van der Waals surface area contributed by atoms with E-state index < -0.39 is 10.8 Å². The lowest BCUT2D eigenvalue weighted by molar-refractivity contribution is -0.384. The third-order valence-corrected chi connectivity index (χ3v) is 4.03. The van der Waals surface area contributed by atoms with Crippen LogP contribution in [0.25, 0.3) is 0 Å². The van der Waals surface area contributed by atoms with E-state index in [2.05, 4.69) is 15.5 Å². The topological polar surface area (TPSA) is 121 Å². The summed E-state index contributed by atoms with van der Waals surface area (Å²) in [5.74, 6) is -0.700. The Morgan fingerprint density at radius 2 is 2.19 bits per heavy atom. The second kappa shape index (κ2) is 9.72. The molecule has 0 unspecified atom stereocenters. The van der Waals surface area contributed by atoms with Crippen molar-refractivity contribution in [2.24, 2.45) is 0 Å². The van der Waals surface area contributed by atoms with Crippen LogP contribution in [0.2, 0.25) is 5.02 Å². The van der Waals surface area contributed by atoms with Crippen LogP contribution in [0.4, 0.5) is 11.4 Å². The molecule has 1 fully saturated rings. The van der Waals surface area contributed by atoms with Crippen LogP contribution in [0, 0.1) is 21.4 Å². The predicted octanol–water partition coefficient (Wildman–Crippen LogP) is 1.52. The van der Waals surface area contributed by atoms with Gasteiger partial charge in [-0.3, -0.25) is 19.8 Å². The number of non-ortho nitro benzene ring substituents is 1. The molecule has 1 aliphatic heterocycles. The Labute approximate surface area is 155 Å². The maximum atomic E-state index is 12.2. The number of halogens is 1. The van der Waals surface area contributed by atoms with Gasteiger partial charge in [0, 0.05) is 44.5 Å². The highest BCUT2D eigenvalue weighted by Crippen LogP contribution is 2.26. The van der Waals surface area contributed by atoms with Gasteiger partial charge in [-0.15, -0.1) is 0 Å². The molecule has 1 amide bonds. The molecular weight excluding hydrogens is 362 g/mol. The summed E-state index contributed by atoms with van der Waals surface area (Å²) in [6, 6.07) is 5.47. The third-order valence-electron chi connectivity index (χ3n) is 3.70. The molecule has 9 nitrogen and oxygen atoms in total. The molecule has 2 N–H and O–H groups in total. The largest absolute Gasteiger partial charge is 0.388 e. The van der Waals surface area contributed by atoms with Gasteiger partial charge in [0.15, 0.2) is 0 Å². The summed E-state index contributed by atoms with van der Waals surface area (Å²) in [4.78, 5) is 24.6. The second-order valence-corrected chi connectivity index (χ2v) is 5.86. The SMILES string of the molecule is N#C/C(=C/NCCN1CCOCC1)C(=O)Nc1cc([N+](=O)[O-])ccc1Cl. The molecule has 0 bridgehead atoms. The Hall–Kier alpha value is -2.67. The highest BCUT2D eigenvalue weighted by atomic mass is 35.5. The van der Waals surface area contributed by atoms with Gasteiger partial charge in [0.05, 0.1) is 28.8 Å². The summed E-state index contributed by atoms with van der Waals surface area (Å²) in [5, 5.41) is 25.4. The Morgan fingerprint density at radius 3 is 2.85 bits per heavy atom. The number of rotatable bonds is 7. The normalized spacial score (nSPS) is 15.2. The molecular formula is C16H18ClN5O4. The van der Waals surface area contributed by atoms with Gasteiger partial charge >= 0.3 is 0 Å². The zero-order chi connectivity index (χ0) is 18.9. The van der Waals surface area contributed by atoms with E-state index in [0.717, 1.165) is 25.7 Å². The van der Waals surface area contributed by atoms with Gasteiger partial charge in [-0.1, -0.05) is 11.6 Å². The van der Waals surface area contributed by atoms with Crippen molar-refractivity contribution in [3.8, 4) is 6.07 Å². The molecule has 0 aliphatic carbocycles. The van der Waals surface area contributed by atoms with Crippen molar-refractivity contribution in [3.05, 3.63) is 45.1 Å². The number of carbonyl (C=O) groups excluding carboxylic acids is 1. The molecule has 1 aromatic carbocycles. The van der Waals surface area contributed by atoms with Crippen molar-refractivity contribution in [1.29, 1.82) is 5.26 Å². The Balaban J connectivity index is 1.92. The first-order valence-corrected chi connectivity index (χ1v) is 8.28. The Morgan fingerprint density at radius 1 is 1.46 bits per heavy atom. The summed E-state index contributed by atoms with van der Waals surface area (Å²) in [6.45, 7) is 4.43. The molecule has 2 rings (SSSR count). The van der Waals surface area contributed by atoms with Crippen LogP contribution in [0.3, 0.4) is 0 Å². The minimum Gasteiger partial charge on any atom is -0.388 e. The predicted molar refractivity (Wildman–Crippen MR) is 95.7 cm³/mol. The molecule has 0 atom stereocenters. The van der Waals surface area contributed by atoms with Gasteiger partial charge in [0.2, 0.25) is 0 Å². The summed E-state index contributed by atoms with van der Waals surface area (Å²) in [6.07, 6.45) is 1.32. The first kappa shape index (κ1) is 19.7. The van der Waals surface area contributed by atoms with E-state index in [1.54, 1.807) is 6.07 Å². The zero-order valence-electron chi connectivity index (χ0n) is 13.9. The molecule has 0 saturated carbocycles. The molecule has 1 aliphatic rings. The molecule has 0 spiro atoms. The van der Waals surface area contributed by atoms with E-state index in [-0.39, 0.29) is 22.0 Å². The molecule has 26 heavy (non-hydrogen) atoms. The number of nitrogens with one attached hydrogen (secondary N) is 2. The number of ether oxygens (including phenoxy) is 1. The minimum absolute atomic E-state index is 0.0698. The Bertz CT molecular complexity index is 741. The quantitative estimate of drug-likeness (QED) is 0.242. The lowest BCUT2D eigenvalue weighted by Crippen LogP contribution is -2.39. The summed E-state index contributed by atoms with van der Waals surface area (Å²) in [5.41, 5.74) is -0.300. The molecule has 1 heterocycles. The van der Waals surface area contributed by atoms with Gasteiger partial charge in [-0.05, 0) is 6.07 Å². The van der Waals surface area contributed by atoms with E-state index in [1.807, 2.05) is 0 Å². The third kappa shape index (κ3) is 5.70. The lowest BCUT2D eigenvalue weighted by Gasteiger charge is -2.26. The van der Waals surface area contributed by atoms with E-state index in [9.17, 15) is 14.9 Å². The Kier molecular flexibility index (Phi) is 7.35. The molecule has 0 aromatic heterocycles. The van der Waals surface area contributed by atoms with Crippen LogP contribution < -0.4 is 10.6 Å². The van der Waals surface area contributed by atoms with Crippen LogP contribution in [-0.2, 0) is 9.53 Å². The first-order chi connectivity index (χ1) is 12.5. The summed E-state index contributed by atoms with van der Waals surface area (Å²) >= 11 is 5.93. The first-order valence-electron chi connectivity index (χ1n) is 7.90. The molecule has 0 radical (unpaired) electrons. The van der Waals surface area contributed by atoms with E-state index >= 15 is 0 Å². The highest BCUT2D eigenvalue weighted by molar-refractivity contribution is 6.34. The molecule has 1 saturated heterocycles. The van der Waals surface area contributed by atoms with Gasteiger partial charge in [0.25, 0.3) is 11.6 Å². The van der Waals surface area contributed by atoms with Crippen LogP contribution >= 0.6 is 11.6 Å². The fourth-order valence-corrected chi connectivity index (χ4v) is 2.45. The average Bonchev–Trinajstić information content (AvgIpc) is 2.64. The van der Waals surface area contributed by atoms with Gasteiger partial charge in [-0.2, -0.15) is 5.26 Å². The fourth-order valence-electron chi connectivity index (χ4n) is 2.28. The van der Waals surface area contributed by atoms with Crippen molar-refractivity contribution >= 4 is 28.9 Å². The number of nitro groups is 1. The maximum Gasteiger partial charge on any atom is 0.271 e. The average molecular weight is 380 g/mol. The monoisotopic (exact) mass is 379 g/mol. The van der Waals surface area contributed by atoms with Crippen molar-refractivity contribution in [2.75, 3.05) is 44.7 Å². The van der Waals surface area contributed by atoms with Crippen LogP contribution in [0.1, 0.15) is 0 Å². The van der Waals surface area contributed by atoms with Crippen LogP contribution in [-0.4, -0.2) is 55.1 Å². The standard InChI is InChI=1S/C16H18ClN5O4/c17-14-2-1-13(22(24)25)9-15(14)20-16(23)12(10-18)11-19-3-4-21-5-7-26-8-6-21/h1-2,9,11,19H,3-8H2,(H,20,23)/b12-11-. The number of morpholine rings is 1. The number of nitro benzene ring substituents is 1. The number of carbonyl (C=O) groups is 1. The summed E-state index contributed by atoms with van der Waals surface area (Å²) in [7, 11) is 0. The van der Waals surface area contributed by atoms with Crippen molar-refractivity contribution in [2.45, 2.75) is 0 Å². The van der Waals surface area contributed by atoms with Crippen molar-refractivity contribution in [3.63, 3.8) is 0 Å². The fraction of sp³-hybridized carbons (Fsp3) is 0.375. The van der Waals surface area contributed by atoms with Crippen molar-refractivity contribution in [1.82, 2.24) is 10.2 Å².